The van der Waals surface area contributed by atoms with Crippen molar-refractivity contribution in [3.05, 3.63) is 57.7 Å². The summed E-state index contributed by atoms with van der Waals surface area (Å²) in [7, 11) is -2.93. The van der Waals surface area contributed by atoms with Crippen molar-refractivity contribution < 1.29 is 9.09 Å². The molecule has 1 N–H and O–H groups in total. The largest absolute Gasteiger partial charge is 0.429 e. The molecular weight excluding hydrogens is 384 g/mol. The molecule has 0 saturated carbocycles. The second-order valence-corrected chi connectivity index (χ2v) is 7.90. The topological polar surface area (TPSA) is 38.3 Å². The van der Waals surface area contributed by atoms with E-state index in [2.05, 4.69) is 34.6 Å². The van der Waals surface area contributed by atoms with E-state index >= 15 is 0 Å². The summed E-state index contributed by atoms with van der Waals surface area (Å²) in [6.45, 7) is 3.68. The summed E-state index contributed by atoms with van der Waals surface area (Å²) in [6, 6.07) is 15.4. The Morgan fingerprint density at radius 2 is 1.70 bits per heavy atom. The van der Waals surface area contributed by atoms with Gasteiger partial charge in [-0.2, -0.15) is 0 Å². The molecule has 0 unspecified atom stereocenters. The summed E-state index contributed by atoms with van der Waals surface area (Å²) < 4.78 is 19.2. The summed E-state index contributed by atoms with van der Waals surface area (Å²) in [5, 5.41) is 2.95. The van der Waals surface area contributed by atoms with Gasteiger partial charge in [-0.3, -0.25) is 4.57 Å². The van der Waals surface area contributed by atoms with Gasteiger partial charge in [-0.15, -0.1) is 0 Å². The molecule has 2 rings (SSSR count). The highest BCUT2D eigenvalue weighted by molar-refractivity contribution is 14.1. The second-order valence-electron chi connectivity index (χ2n) is 4.55. The summed E-state index contributed by atoms with van der Waals surface area (Å²) in [6.07, 6.45) is 0.977. The van der Waals surface area contributed by atoms with E-state index in [0.717, 1.165) is 15.7 Å². The fourth-order valence-corrected chi connectivity index (χ4v) is 3.32. The maximum atomic E-state index is 12.5. The van der Waals surface area contributed by atoms with Gasteiger partial charge in [0.05, 0.1) is 0 Å². The van der Waals surface area contributed by atoms with Gasteiger partial charge < -0.3 is 9.61 Å². The fourth-order valence-electron chi connectivity index (χ4n) is 1.77. The molecule has 3 nitrogen and oxygen atoms in total. The number of hydrogen-bond acceptors (Lipinski definition) is 2. The lowest BCUT2D eigenvalue weighted by molar-refractivity contribution is 0.493. The Morgan fingerprint density at radius 3 is 2.25 bits per heavy atom. The zero-order valence-electron chi connectivity index (χ0n) is 11.5. The standard InChI is InChI=1S/C15H17INO2P/c1-3-12-4-10-15(11-5-12)19-20(2,18)17-14-8-6-13(16)7-9-14/h4-11H,3H2,1-2H3,(H,17,18)/t20-/m1/s1. The van der Waals surface area contributed by atoms with Crippen molar-refractivity contribution in [3.8, 4) is 5.75 Å². The first-order valence-corrected chi connectivity index (χ1v) is 9.53. The van der Waals surface area contributed by atoms with Gasteiger partial charge in [0.15, 0.2) is 0 Å². The highest BCUT2D eigenvalue weighted by Gasteiger charge is 2.17. The minimum absolute atomic E-state index is 0.617. The Morgan fingerprint density at radius 1 is 1.10 bits per heavy atom. The summed E-state index contributed by atoms with van der Waals surface area (Å²) in [4.78, 5) is 0. The first-order valence-electron chi connectivity index (χ1n) is 6.38. The van der Waals surface area contributed by atoms with Gasteiger partial charge in [0, 0.05) is 15.9 Å². The Balaban J connectivity index is 2.06. The van der Waals surface area contributed by atoms with Crippen molar-refractivity contribution in [1.29, 1.82) is 0 Å². The van der Waals surface area contributed by atoms with Crippen LogP contribution in [0.15, 0.2) is 48.5 Å². The normalized spacial score (nSPS) is 13.6. The molecule has 0 saturated heterocycles. The maximum absolute atomic E-state index is 12.5. The lowest BCUT2D eigenvalue weighted by Crippen LogP contribution is -2.02. The van der Waals surface area contributed by atoms with Gasteiger partial charge in [-0.05, 0) is 71.0 Å². The van der Waals surface area contributed by atoms with Crippen LogP contribution in [0.4, 0.5) is 5.69 Å². The van der Waals surface area contributed by atoms with Crippen LogP contribution in [0, 0.1) is 3.57 Å². The molecule has 2 aromatic rings. The van der Waals surface area contributed by atoms with Crippen LogP contribution >= 0.6 is 30.1 Å². The first kappa shape index (κ1) is 15.4. The molecule has 0 heterocycles. The predicted molar refractivity (Wildman–Crippen MR) is 92.8 cm³/mol. The van der Waals surface area contributed by atoms with Crippen molar-refractivity contribution in [2.75, 3.05) is 11.8 Å². The Kier molecular flexibility index (Phi) is 5.11. The number of rotatable bonds is 5. The first-order chi connectivity index (χ1) is 9.48. The summed E-state index contributed by atoms with van der Waals surface area (Å²) in [5.41, 5.74) is 2.02. The average Bonchev–Trinajstić information content (AvgIpc) is 2.41. The molecule has 0 aromatic heterocycles. The molecule has 106 valence electrons. The van der Waals surface area contributed by atoms with E-state index in [1.54, 1.807) is 6.66 Å². The minimum Gasteiger partial charge on any atom is -0.429 e. The van der Waals surface area contributed by atoms with Crippen molar-refractivity contribution in [3.63, 3.8) is 0 Å². The van der Waals surface area contributed by atoms with Crippen LogP contribution in [0.2, 0.25) is 0 Å². The number of halogens is 1. The van der Waals surface area contributed by atoms with Crippen LogP contribution in [0.3, 0.4) is 0 Å². The molecule has 0 aliphatic heterocycles. The van der Waals surface area contributed by atoms with Crippen LogP contribution in [-0.4, -0.2) is 6.66 Å². The van der Waals surface area contributed by atoms with E-state index < -0.39 is 7.52 Å². The Hall–Kier alpha value is -1.00. The van der Waals surface area contributed by atoms with Gasteiger partial charge in [-0.1, -0.05) is 19.1 Å². The van der Waals surface area contributed by atoms with Crippen molar-refractivity contribution in [2.45, 2.75) is 13.3 Å². The van der Waals surface area contributed by atoms with Gasteiger partial charge in [-0.25, -0.2) is 0 Å². The molecule has 0 amide bonds. The molecule has 20 heavy (non-hydrogen) atoms. The molecule has 0 radical (unpaired) electrons. The second kappa shape index (κ2) is 6.64. The zero-order chi connectivity index (χ0) is 14.6. The predicted octanol–water partition coefficient (Wildman–Crippen LogP) is 5.17. The van der Waals surface area contributed by atoms with Crippen molar-refractivity contribution in [1.82, 2.24) is 0 Å². The summed E-state index contributed by atoms with van der Waals surface area (Å²) >= 11 is 2.23. The molecule has 5 heteroatoms. The molecule has 0 aliphatic carbocycles. The number of anilines is 1. The third kappa shape index (κ3) is 4.53. The lowest BCUT2D eigenvalue weighted by Gasteiger charge is -2.17. The SMILES string of the molecule is CCc1ccc(O[P@@](C)(=O)Nc2ccc(I)cc2)cc1. The number of benzene rings is 2. The van der Waals surface area contributed by atoms with E-state index in [9.17, 15) is 4.57 Å². The molecule has 0 bridgehead atoms. The lowest BCUT2D eigenvalue weighted by atomic mass is 10.2. The van der Waals surface area contributed by atoms with Crippen molar-refractivity contribution >= 4 is 35.8 Å². The number of nitrogens with one attached hydrogen (secondary N) is 1. The average molecular weight is 401 g/mol. The molecular formula is C15H17INO2P. The van der Waals surface area contributed by atoms with Crippen LogP contribution in [0.1, 0.15) is 12.5 Å². The number of hydrogen-bond donors (Lipinski definition) is 1. The highest BCUT2D eigenvalue weighted by Crippen LogP contribution is 2.43. The molecule has 0 fully saturated rings. The number of aryl methyl sites for hydroxylation is 1. The Bertz CT molecular complexity index is 611. The maximum Gasteiger partial charge on any atom is 0.338 e. The van der Waals surface area contributed by atoms with Gasteiger partial charge in [0.1, 0.15) is 5.75 Å². The monoisotopic (exact) mass is 401 g/mol. The van der Waals surface area contributed by atoms with Crippen LogP contribution in [0.25, 0.3) is 0 Å². The van der Waals surface area contributed by atoms with Crippen LogP contribution in [0.5, 0.6) is 5.75 Å². The van der Waals surface area contributed by atoms with Gasteiger partial charge in [0.25, 0.3) is 0 Å². The van der Waals surface area contributed by atoms with Crippen molar-refractivity contribution in [2.24, 2.45) is 0 Å². The third-order valence-electron chi connectivity index (χ3n) is 2.79. The van der Waals surface area contributed by atoms with E-state index in [-0.39, 0.29) is 0 Å². The van der Waals surface area contributed by atoms with E-state index in [0.29, 0.717) is 5.75 Å². The van der Waals surface area contributed by atoms with Crippen LogP contribution < -0.4 is 9.61 Å². The van der Waals surface area contributed by atoms with E-state index in [4.69, 9.17) is 4.52 Å². The molecule has 1 atom stereocenters. The van der Waals surface area contributed by atoms with E-state index in [1.165, 1.54) is 5.56 Å². The zero-order valence-corrected chi connectivity index (χ0v) is 14.5. The molecule has 0 spiro atoms. The van der Waals surface area contributed by atoms with Crippen LogP contribution in [-0.2, 0) is 11.0 Å². The van der Waals surface area contributed by atoms with E-state index in [1.807, 2.05) is 48.5 Å². The summed E-state index contributed by atoms with van der Waals surface area (Å²) in [5.74, 6) is 0.617. The van der Waals surface area contributed by atoms with Gasteiger partial charge >= 0.3 is 7.52 Å². The third-order valence-corrected chi connectivity index (χ3v) is 4.73. The smallest absolute Gasteiger partial charge is 0.338 e. The quantitative estimate of drug-likeness (QED) is 0.555. The molecule has 2 aromatic carbocycles. The Labute approximate surface area is 133 Å². The highest BCUT2D eigenvalue weighted by atomic mass is 127. The fraction of sp³-hybridized carbons (Fsp3) is 0.200. The molecule has 0 aliphatic rings. The minimum atomic E-state index is -2.93. The van der Waals surface area contributed by atoms with Gasteiger partial charge in [0.2, 0.25) is 0 Å².